The lowest BCUT2D eigenvalue weighted by atomic mass is 9.85. The van der Waals surface area contributed by atoms with Crippen molar-refractivity contribution in [3.05, 3.63) is 101 Å². The van der Waals surface area contributed by atoms with Gasteiger partial charge in [-0.15, -0.1) is 0 Å². The number of fused-ring (bicyclic) bond motifs is 2. The summed E-state index contributed by atoms with van der Waals surface area (Å²) in [7, 11) is 0. The van der Waals surface area contributed by atoms with Gasteiger partial charge in [-0.3, -0.25) is 4.79 Å². The molecule has 0 aliphatic carbocycles. The minimum Gasteiger partial charge on any atom is -0.478 e. The number of carbonyl (C=O) groups is 2. The quantitative estimate of drug-likeness (QED) is 0.184. The highest BCUT2D eigenvalue weighted by Crippen LogP contribution is 2.43. The Labute approximate surface area is 221 Å². The Balaban J connectivity index is 1.74. The third-order valence-electron chi connectivity index (χ3n) is 7.70. The average molecular weight is 500 g/mol. The van der Waals surface area contributed by atoms with Gasteiger partial charge in [-0.25, -0.2) is 4.79 Å². The van der Waals surface area contributed by atoms with Gasteiger partial charge in [-0.05, 0) is 66.7 Å². The molecule has 0 spiro atoms. The number of rotatable bonds is 5. The molecule has 2 N–H and O–H groups in total. The number of para-hydroxylation sites is 1. The minimum atomic E-state index is -1.12. The first kappa shape index (κ1) is 23.9. The van der Waals surface area contributed by atoms with Crippen LogP contribution in [0.5, 0.6) is 0 Å². The summed E-state index contributed by atoms with van der Waals surface area (Å²) in [6.45, 7) is 8.39. The highest BCUT2D eigenvalue weighted by atomic mass is 16.4. The largest absolute Gasteiger partial charge is 0.478 e. The molecule has 0 aliphatic heterocycles. The summed E-state index contributed by atoms with van der Waals surface area (Å²) in [5, 5.41) is 21.0. The molecule has 0 atom stereocenters. The molecule has 0 aliphatic rings. The summed E-state index contributed by atoms with van der Waals surface area (Å²) >= 11 is 0. The minimum absolute atomic E-state index is 0.00617. The maximum Gasteiger partial charge on any atom is 0.336 e. The SMILES string of the molecule is CC(C)c1cccc(C(C)C)c1NC(=O)c1c(C(=O)O)cc2cccc3c4cccc5cccc(c1c23)c54. The van der Waals surface area contributed by atoms with E-state index in [9.17, 15) is 14.7 Å². The van der Waals surface area contributed by atoms with Crippen molar-refractivity contribution < 1.29 is 14.7 Å². The Morgan fingerprint density at radius 1 is 0.658 bits per heavy atom. The van der Waals surface area contributed by atoms with Gasteiger partial charge >= 0.3 is 5.97 Å². The predicted molar refractivity (Wildman–Crippen MR) is 157 cm³/mol. The number of carboxylic acid groups (broad SMARTS) is 1. The van der Waals surface area contributed by atoms with Crippen LogP contribution in [0.3, 0.4) is 0 Å². The van der Waals surface area contributed by atoms with Crippen LogP contribution in [-0.2, 0) is 0 Å². The van der Waals surface area contributed by atoms with Crippen molar-refractivity contribution in [2.75, 3.05) is 5.32 Å². The molecule has 0 saturated heterocycles. The molecule has 0 saturated carbocycles. The van der Waals surface area contributed by atoms with E-state index in [-0.39, 0.29) is 23.0 Å². The van der Waals surface area contributed by atoms with Crippen LogP contribution in [0.15, 0.2) is 78.9 Å². The summed E-state index contributed by atoms with van der Waals surface area (Å²) < 4.78 is 0. The second kappa shape index (κ2) is 8.84. The van der Waals surface area contributed by atoms with E-state index in [0.29, 0.717) is 5.39 Å². The number of hydrogen-bond acceptors (Lipinski definition) is 2. The molecule has 6 aromatic carbocycles. The number of aromatic carboxylic acids is 1. The molecule has 38 heavy (non-hydrogen) atoms. The molecule has 0 radical (unpaired) electrons. The lowest BCUT2D eigenvalue weighted by molar-refractivity contribution is 0.0693. The van der Waals surface area contributed by atoms with Gasteiger partial charge in [0.05, 0.1) is 11.1 Å². The number of amides is 1. The van der Waals surface area contributed by atoms with E-state index in [1.807, 2.05) is 48.5 Å². The van der Waals surface area contributed by atoms with Crippen LogP contribution in [0.25, 0.3) is 43.1 Å². The molecule has 0 fully saturated rings. The van der Waals surface area contributed by atoms with Crippen LogP contribution in [0.1, 0.15) is 71.4 Å². The molecular formula is C34H29NO3. The molecule has 6 rings (SSSR count). The molecule has 4 nitrogen and oxygen atoms in total. The van der Waals surface area contributed by atoms with E-state index in [2.05, 4.69) is 57.3 Å². The smallest absolute Gasteiger partial charge is 0.336 e. The zero-order valence-corrected chi connectivity index (χ0v) is 21.9. The second-order valence-corrected chi connectivity index (χ2v) is 10.7. The van der Waals surface area contributed by atoms with E-state index in [4.69, 9.17) is 0 Å². The van der Waals surface area contributed by atoms with Crippen molar-refractivity contribution >= 4 is 60.7 Å². The molecule has 0 aromatic heterocycles. The molecule has 1 amide bonds. The van der Waals surface area contributed by atoms with Gasteiger partial charge in [-0.1, -0.05) is 100 Å². The molecular weight excluding hydrogens is 470 g/mol. The van der Waals surface area contributed by atoms with Crippen LogP contribution in [0.4, 0.5) is 5.69 Å². The standard InChI is InChI=1S/C34H29NO3/c1-18(2)22-12-8-13-23(19(3)4)32(22)35-33(36)31-27(34(37)38)17-21-11-7-15-25-24-14-5-9-20-10-6-16-26(28(20)24)30(31)29(21)25/h5-19H,1-4H3,(H,35,36)(H,37,38). The van der Waals surface area contributed by atoms with Gasteiger partial charge in [0.15, 0.2) is 0 Å². The topological polar surface area (TPSA) is 66.4 Å². The van der Waals surface area contributed by atoms with Gasteiger partial charge in [0.25, 0.3) is 5.91 Å². The van der Waals surface area contributed by atoms with Crippen molar-refractivity contribution in [3.63, 3.8) is 0 Å². The van der Waals surface area contributed by atoms with Crippen molar-refractivity contribution in [2.24, 2.45) is 0 Å². The van der Waals surface area contributed by atoms with Crippen LogP contribution >= 0.6 is 0 Å². The number of anilines is 1. The third-order valence-corrected chi connectivity index (χ3v) is 7.70. The predicted octanol–water partition coefficient (Wildman–Crippen LogP) is 8.93. The third kappa shape index (κ3) is 3.52. The fourth-order valence-corrected chi connectivity index (χ4v) is 6.00. The molecule has 4 heteroatoms. The summed E-state index contributed by atoms with van der Waals surface area (Å²) in [5.41, 5.74) is 3.04. The first-order chi connectivity index (χ1) is 18.3. The summed E-state index contributed by atoms with van der Waals surface area (Å²) in [6.07, 6.45) is 0. The molecule has 188 valence electrons. The highest BCUT2D eigenvalue weighted by molar-refractivity contribution is 6.37. The summed E-state index contributed by atoms with van der Waals surface area (Å²) in [4.78, 5) is 27.0. The van der Waals surface area contributed by atoms with E-state index in [1.165, 1.54) is 0 Å². The maximum absolute atomic E-state index is 14.3. The molecule has 0 unspecified atom stereocenters. The van der Waals surface area contributed by atoms with Crippen LogP contribution in [0.2, 0.25) is 0 Å². The molecule has 6 aromatic rings. The van der Waals surface area contributed by atoms with Gasteiger partial charge in [0.1, 0.15) is 0 Å². The average Bonchev–Trinajstić information content (AvgIpc) is 2.90. The van der Waals surface area contributed by atoms with Crippen LogP contribution < -0.4 is 5.32 Å². The van der Waals surface area contributed by atoms with Crippen LogP contribution in [0, 0.1) is 0 Å². The van der Waals surface area contributed by atoms with E-state index < -0.39 is 11.9 Å². The molecule has 0 heterocycles. The number of nitrogens with one attached hydrogen (secondary N) is 1. The zero-order valence-electron chi connectivity index (χ0n) is 21.9. The van der Waals surface area contributed by atoms with Crippen molar-refractivity contribution in [2.45, 2.75) is 39.5 Å². The monoisotopic (exact) mass is 499 g/mol. The lowest BCUT2D eigenvalue weighted by Gasteiger charge is -2.22. The Hall–Kier alpha value is -4.44. The number of hydrogen-bond donors (Lipinski definition) is 2. The van der Waals surface area contributed by atoms with Crippen molar-refractivity contribution in [3.8, 4) is 0 Å². The first-order valence-electron chi connectivity index (χ1n) is 13.1. The van der Waals surface area contributed by atoms with Gasteiger partial charge in [0.2, 0.25) is 0 Å². The summed E-state index contributed by atoms with van der Waals surface area (Å²) in [5.74, 6) is -1.15. The van der Waals surface area contributed by atoms with Gasteiger partial charge in [-0.2, -0.15) is 0 Å². The van der Waals surface area contributed by atoms with Gasteiger partial charge < -0.3 is 10.4 Å². The van der Waals surface area contributed by atoms with Crippen molar-refractivity contribution in [1.29, 1.82) is 0 Å². The van der Waals surface area contributed by atoms with E-state index in [1.54, 1.807) is 6.07 Å². The normalized spacial score (nSPS) is 11.9. The highest BCUT2D eigenvalue weighted by Gasteiger charge is 2.26. The Morgan fingerprint density at radius 2 is 1.18 bits per heavy atom. The van der Waals surface area contributed by atoms with E-state index in [0.717, 1.165) is 54.5 Å². The fraction of sp³-hybridized carbons (Fsp3) is 0.176. The van der Waals surface area contributed by atoms with E-state index >= 15 is 0 Å². The number of carbonyl (C=O) groups excluding carboxylic acids is 1. The van der Waals surface area contributed by atoms with Crippen molar-refractivity contribution in [1.82, 2.24) is 0 Å². The maximum atomic E-state index is 14.3. The Kier molecular flexibility index (Phi) is 5.57. The summed E-state index contributed by atoms with van der Waals surface area (Å²) in [6, 6.07) is 25.9. The van der Waals surface area contributed by atoms with Gasteiger partial charge in [0, 0.05) is 11.1 Å². The van der Waals surface area contributed by atoms with Crippen LogP contribution in [-0.4, -0.2) is 17.0 Å². The Morgan fingerprint density at radius 3 is 1.76 bits per heavy atom. The zero-order chi connectivity index (χ0) is 26.7. The number of benzene rings is 6. The Bertz CT molecular complexity index is 1870. The first-order valence-corrected chi connectivity index (χ1v) is 13.1. The molecule has 0 bridgehead atoms. The number of carboxylic acids is 1. The lowest BCUT2D eigenvalue weighted by Crippen LogP contribution is -2.20. The fourth-order valence-electron chi connectivity index (χ4n) is 6.00. The second-order valence-electron chi connectivity index (χ2n) is 10.7.